The van der Waals surface area contributed by atoms with Gasteiger partial charge in [-0.2, -0.15) is 0 Å². The Balaban J connectivity index is 2.78. The van der Waals surface area contributed by atoms with Crippen molar-refractivity contribution in [2.45, 2.75) is 39.5 Å². The van der Waals surface area contributed by atoms with Gasteiger partial charge in [0.2, 0.25) is 5.91 Å². The third-order valence-electron chi connectivity index (χ3n) is 3.28. The Morgan fingerprint density at radius 1 is 1.35 bits per heavy atom. The van der Waals surface area contributed by atoms with Crippen LogP contribution in [0.5, 0.6) is 0 Å². The topological polar surface area (TPSA) is 55.1 Å². The Kier molecular flexibility index (Phi) is 7.46. The zero-order valence-electron chi connectivity index (χ0n) is 12.4. The quantitative estimate of drug-likeness (QED) is 0.782. The maximum atomic E-state index is 12.3. The zero-order chi connectivity index (χ0) is 14.8. The number of benzene rings is 1. The van der Waals surface area contributed by atoms with Crippen LogP contribution in [0, 0.1) is 17.8 Å². The van der Waals surface area contributed by atoms with Gasteiger partial charge in [-0.3, -0.25) is 4.79 Å². The van der Waals surface area contributed by atoms with Gasteiger partial charge in [0.15, 0.2) is 0 Å². The van der Waals surface area contributed by atoms with E-state index >= 15 is 0 Å². The summed E-state index contributed by atoms with van der Waals surface area (Å²) >= 11 is 0. The van der Waals surface area contributed by atoms with Gasteiger partial charge >= 0.3 is 0 Å². The number of amides is 1. The Morgan fingerprint density at radius 3 is 2.75 bits per heavy atom. The van der Waals surface area contributed by atoms with E-state index in [1.807, 2.05) is 24.3 Å². The first kappa shape index (κ1) is 16.3. The largest absolute Gasteiger partial charge is 0.325 e. The number of hydrogen-bond donors (Lipinski definition) is 2. The Morgan fingerprint density at radius 2 is 2.10 bits per heavy atom. The molecule has 3 N–H and O–H groups in total. The van der Waals surface area contributed by atoms with E-state index in [1.54, 1.807) is 0 Å². The molecule has 0 spiro atoms. The van der Waals surface area contributed by atoms with Gasteiger partial charge in [-0.15, -0.1) is 0 Å². The van der Waals surface area contributed by atoms with E-state index in [0.717, 1.165) is 36.9 Å². The first-order valence-corrected chi connectivity index (χ1v) is 7.31. The van der Waals surface area contributed by atoms with Crippen molar-refractivity contribution in [1.29, 1.82) is 0 Å². The van der Waals surface area contributed by atoms with Gasteiger partial charge in [-0.25, -0.2) is 0 Å². The van der Waals surface area contributed by atoms with Crippen molar-refractivity contribution in [3.8, 4) is 11.8 Å². The number of para-hydroxylation sites is 1. The van der Waals surface area contributed by atoms with Gasteiger partial charge in [0, 0.05) is 11.5 Å². The van der Waals surface area contributed by atoms with Gasteiger partial charge in [-0.1, -0.05) is 50.7 Å². The molecule has 1 aromatic carbocycles. The molecule has 0 heterocycles. The Bertz CT molecular complexity index is 485. The van der Waals surface area contributed by atoms with Crippen molar-refractivity contribution in [2.24, 2.45) is 11.7 Å². The van der Waals surface area contributed by atoms with E-state index in [-0.39, 0.29) is 11.8 Å². The van der Waals surface area contributed by atoms with Crippen LogP contribution in [0.1, 0.15) is 45.1 Å². The molecule has 108 valence electrons. The van der Waals surface area contributed by atoms with Gasteiger partial charge in [0.25, 0.3) is 0 Å². The number of hydrogen-bond acceptors (Lipinski definition) is 2. The summed E-state index contributed by atoms with van der Waals surface area (Å²) in [7, 11) is 0. The predicted molar refractivity (Wildman–Crippen MR) is 84.3 cm³/mol. The minimum absolute atomic E-state index is 0.0745. The van der Waals surface area contributed by atoms with E-state index in [4.69, 9.17) is 5.73 Å². The maximum absolute atomic E-state index is 12.3. The normalized spacial score (nSPS) is 11.3. The summed E-state index contributed by atoms with van der Waals surface area (Å²) in [6, 6.07) is 7.58. The van der Waals surface area contributed by atoms with Crippen molar-refractivity contribution < 1.29 is 4.79 Å². The summed E-state index contributed by atoms with van der Waals surface area (Å²) in [6.07, 6.45) is 4.00. The predicted octanol–water partition coefficient (Wildman–Crippen LogP) is 3.15. The van der Waals surface area contributed by atoms with Crippen LogP contribution in [0.4, 0.5) is 5.69 Å². The number of nitrogens with one attached hydrogen (secondary N) is 1. The number of unbranched alkanes of at least 4 members (excludes halogenated alkanes) is 1. The number of nitrogens with two attached hydrogens (primary N) is 1. The van der Waals surface area contributed by atoms with Crippen molar-refractivity contribution in [1.82, 2.24) is 0 Å². The first-order valence-electron chi connectivity index (χ1n) is 7.31. The molecule has 1 rings (SSSR count). The van der Waals surface area contributed by atoms with Crippen LogP contribution in [-0.2, 0) is 4.79 Å². The minimum atomic E-state index is 0.0745. The molecule has 3 nitrogen and oxygen atoms in total. The molecule has 0 saturated heterocycles. The average Bonchev–Trinajstić information content (AvgIpc) is 2.47. The lowest BCUT2D eigenvalue weighted by Crippen LogP contribution is -2.22. The molecule has 3 heteroatoms. The summed E-state index contributed by atoms with van der Waals surface area (Å²) in [4.78, 5) is 12.3. The van der Waals surface area contributed by atoms with E-state index in [9.17, 15) is 4.79 Å². The van der Waals surface area contributed by atoms with Gasteiger partial charge in [0.05, 0.1) is 12.2 Å². The van der Waals surface area contributed by atoms with Crippen LogP contribution in [0.3, 0.4) is 0 Å². The second kappa shape index (κ2) is 9.17. The fourth-order valence-electron chi connectivity index (χ4n) is 2.05. The van der Waals surface area contributed by atoms with E-state index in [0.29, 0.717) is 6.54 Å². The highest BCUT2D eigenvalue weighted by atomic mass is 16.1. The second-order valence-corrected chi connectivity index (χ2v) is 4.79. The highest BCUT2D eigenvalue weighted by Crippen LogP contribution is 2.18. The SMILES string of the molecule is CCCCC(CC)C(=O)Nc1ccccc1C#CCN. The van der Waals surface area contributed by atoms with Crippen LogP contribution in [0.2, 0.25) is 0 Å². The minimum Gasteiger partial charge on any atom is -0.325 e. The molecular formula is C17H24N2O. The Labute approximate surface area is 121 Å². The molecule has 0 saturated carbocycles. The standard InChI is InChI=1S/C17H24N2O/c1-3-5-9-14(4-2)17(20)19-16-12-7-6-10-15(16)11-8-13-18/h6-7,10,12,14H,3-5,9,13,18H2,1-2H3,(H,19,20). The molecule has 20 heavy (non-hydrogen) atoms. The lowest BCUT2D eigenvalue weighted by Gasteiger charge is -2.15. The number of anilines is 1. The van der Waals surface area contributed by atoms with Crippen LogP contribution in [-0.4, -0.2) is 12.5 Å². The smallest absolute Gasteiger partial charge is 0.227 e. The van der Waals surface area contributed by atoms with Crippen molar-refractivity contribution in [2.75, 3.05) is 11.9 Å². The van der Waals surface area contributed by atoms with Gasteiger partial charge < -0.3 is 11.1 Å². The average molecular weight is 272 g/mol. The summed E-state index contributed by atoms with van der Waals surface area (Å²) in [6.45, 7) is 4.51. The fourth-order valence-corrected chi connectivity index (χ4v) is 2.05. The molecule has 0 aromatic heterocycles. The molecule has 0 aliphatic rings. The fraction of sp³-hybridized carbons (Fsp3) is 0.471. The molecule has 0 aliphatic carbocycles. The van der Waals surface area contributed by atoms with Crippen LogP contribution >= 0.6 is 0 Å². The van der Waals surface area contributed by atoms with Gasteiger partial charge in [-0.05, 0) is 25.0 Å². The van der Waals surface area contributed by atoms with Crippen molar-refractivity contribution >= 4 is 11.6 Å². The highest BCUT2D eigenvalue weighted by molar-refractivity contribution is 5.93. The summed E-state index contributed by atoms with van der Waals surface area (Å²) < 4.78 is 0. The Hall–Kier alpha value is -1.79. The molecule has 1 atom stereocenters. The molecule has 0 aliphatic heterocycles. The molecule has 1 aromatic rings. The zero-order valence-corrected chi connectivity index (χ0v) is 12.4. The monoisotopic (exact) mass is 272 g/mol. The first-order chi connectivity index (χ1) is 9.72. The lowest BCUT2D eigenvalue weighted by atomic mass is 9.98. The van der Waals surface area contributed by atoms with Crippen LogP contribution in [0.15, 0.2) is 24.3 Å². The van der Waals surface area contributed by atoms with E-state index in [2.05, 4.69) is 31.0 Å². The maximum Gasteiger partial charge on any atom is 0.227 e. The molecule has 0 fully saturated rings. The van der Waals surface area contributed by atoms with Crippen molar-refractivity contribution in [3.63, 3.8) is 0 Å². The highest BCUT2D eigenvalue weighted by Gasteiger charge is 2.16. The molecule has 1 unspecified atom stereocenters. The van der Waals surface area contributed by atoms with Crippen molar-refractivity contribution in [3.05, 3.63) is 29.8 Å². The number of carbonyl (C=O) groups is 1. The molecule has 0 radical (unpaired) electrons. The lowest BCUT2D eigenvalue weighted by molar-refractivity contribution is -0.120. The van der Waals surface area contributed by atoms with E-state index < -0.39 is 0 Å². The summed E-state index contributed by atoms with van der Waals surface area (Å²) in [5, 5.41) is 3.00. The number of rotatable bonds is 6. The molecular weight excluding hydrogens is 248 g/mol. The second-order valence-electron chi connectivity index (χ2n) is 4.79. The number of carbonyl (C=O) groups excluding carboxylic acids is 1. The summed E-state index contributed by atoms with van der Waals surface area (Å²) in [5.74, 6) is 5.97. The van der Waals surface area contributed by atoms with E-state index in [1.165, 1.54) is 0 Å². The van der Waals surface area contributed by atoms with Crippen LogP contribution < -0.4 is 11.1 Å². The molecule has 0 bridgehead atoms. The van der Waals surface area contributed by atoms with Crippen LogP contribution in [0.25, 0.3) is 0 Å². The van der Waals surface area contributed by atoms with Gasteiger partial charge in [0.1, 0.15) is 0 Å². The summed E-state index contributed by atoms with van der Waals surface area (Å²) in [5.41, 5.74) is 6.98. The molecule has 1 amide bonds. The third-order valence-corrected chi connectivity index (χ3v) is 3.28. The third kappa shape index (κ3) is 5.07.